The van der Waals surface area contributed by atoms with Crippen molar-refractivity contribution >= 4 is 17.3 Å². The molecule has 1 unspecified atom stereocenters. The summed E-state index contributed by atoms with van der Waals surface area (Å²) in [5.74, 6) is -0.952. The number of fused-ring (bicyclic) bond motifs is 1. The van der Waals surface area contributed by atoms with Crippen molar-refractivity contribution in [3.8, 4) is 0 Å². The topological polar surface area (TPSA) is 37.3 Å². The molecule has 0 saturated heterocycles. The second-order valence-electron chi connectivity index (χ2n) is 4.31. The second kappa shape index (κ2) is 4.35. The standard InChI is InChI=1S/C12H16O2S/c1-8(12(13)14)6-10-7-9-4-2-3-5-11(9)15-10/h7-8H,2-6H2,1H3,(H,13,14). The number of carbonyl (C=O) groups is 1. The highest BCUT2D eigenvalue weighted by atomic mass is 32.1. The van der Waals surface area contributed by atoms with E-state index in [4.69, 9.17) is 5.11 Å². The second-order valence-corrected chi connectivity index (χ2v) is 5.53. The Balaban J connectivity index is 2.09. The number of carboxylic acid groups (broad SMARTS) is 1. The zero-order chi connectivity index (χ0) is 10.8. The molecule has 0 radical (unpaired) electrons. The molecule has 0 aliphatic heterocycles. The predicted octanol–water partition coefficient (Wildman–Crippen LogP) is 2.89. The molecule has 0 fully saturated rings. The summed E-state index contributed by atoms with van der Waals surface area (Å²) in [5.41, 5.74) is 1.47. The van der Waals surface area contributed by atoms with Crippen molar-refractivity contribution in [1.82, 2.24) is 0 Å². The first-order chi connectivity index (χ1) is 7.16. The Labute approximate surface area is 93.9 Å². The minimum absolute atomic E-state index is 0.259. The molecular weight excluding hydrogens is 208 g/mol. The zero-order valence-electron chi connectivity index (χ0n) is 8.95. The largest absolute Gasteiger partial charge is 0.481 e. The molecule has 1 aliphatic carbocycles. The minimum atomic E-state index is -0.693. The highest BCUT2D eigenvalue weighted by molar-refractivity contribution is 7.12. The third-order valence-electron chi connectivity index (χ3n) is 2.98. The van der Waals surface area contributed by atoms with Crippen LogP contribution in [0, 0.1) is 5.92 Å². The Bertz CT molecular complexity index is 344. The van der Waals surface area contributed by atoms with Crippen molar-refractivity contribution in [2.75, 3.05) is 0 Å². The van der Waals surface area contributed by atoms with E-state index in [1.54, 1.807) is 6.92 Å². The van der Waals surface area contributed by atoms with Gasteiger partial charge in [0.15, 0.2) is 0 Å². The normalized spacial score (nSPS) is 17.1. The molecule has 1 aromatic heterocycles. The Morgan fingerprint density at radius 3 is 2.93 bits per heavy atom. The third-order valence-corrected chi connectivity index (χ3v) is 4.24. The first-order valence-corrected chi connectivity index (χ1v) is 6.31. The molecule has 1 aromatic rings. The average Bonchev–Trinajstić information content (AvgIpc) is 2.59. The van der Waals surface area contributed by atoms with Gasteiger partial charge in [0.25, 0.3) is 0 Å². The van der Waals surface area contributed by atoms with Crippen molar-refractivity contribution < 1.29 is 9.90 Å². The molecule has 0 spiro atoms. The van der Waals surface area contributed by atoms with Crippen molar-refractivity contribution in [2.24, 2.45) is 5.92 Å². The monoisotopic (exact) mass is 224 g/mol. The number of rotatable bonds is 3. The van der Waals surface area contributed by atoms with Gasteiger partial charge in [0.1, 0.15) is 0 Å². The maximum absolute atomic E-state index is 10.8. The quantitative estimate of drug-likeness (QED) is 0.857. The lowest BCUT2D eigenvalue weighted by atomic mass is 9.98. The van der Waals surface area contributed by atoms with Gasteiger partial charge in [0.05, 0.1) is 5.92 Å². The van der Waals surface area contributed by atoms with Gasteiger partial charge in [-0.1, -0.05) is 6.92 Å². The summed E-state index contributed by atoms with van der Waals surface area (Å²) in [5, 5.41) is 8.85. The lowest BCUT2D eigenvalue weighted by Crippen LogP contribution is -2.11. The van der Waals surface area contributed by atoms with Crippen LogP contribution in [0.15, 0.2) is 6.07 Å². The van der Waals surface area contributed by atoms with E-state index in [1.807, 2.05) is 11.3 Å². The first-order valence-electron chi connectivity index (χ1n) is 5.50. The predicted molar refractivity (Wildman–Crippen MR) is 61.5 cm³/mol. The fourth-order valence-corrected chi connectivity index (χ4v) is 3.43. The molecule has 1 N–H and O–H groups in total. The van der Waals surface area contributed by atoms with Crippen molar-refractivity contribution in [2.45, 2.75) is 39.0 Å². The van der Waals surface area contributed by atoms with Crippen LogP contribution in [0.25, 0.3) is 0 Å². The molecule has 1 heterocycles. The molecule has 2 nitrogen and oxygen atoms in total. The molecule has 0 aromatic carbocycles. The lowest BCUT2D eigenvalue weighted by Gasteiger charge is -2.08. The summed E-state index contributed by atoms with van der Waals surface area (Å²) >= 11 is 1.82. The number of thiophene rings is 1. The summed E-state index contributed by atoms with van der Waals surface area (Å²) < 4.78 is 0. The van der Waals surface area contributed by atoms with E-state index in [0.29, 0.717) is 6.42 Å². The number of hydrogen-bond donors (Lipinski definition) is 1. The molecule has 1 atom stereocenters. The fraction of sp³-hybridized carbons (Fsp3) is 0.583. The molecule has 0 bridgehead atoms. The summed E-state index contributed by atoms with van der Waals surface area (Å²) in [4.78, 5) is 13.5. The van der Waals surface area contributed by atoms with Gasteiger partial charge in [-0.05, 0) is 43.7 Å². The van der Waals surface area contributed by atoms with E-state index in [9.17, 15) is 4.79 Å². The van der Waals surface area contributed by atoms with Crippen LogP contribution in [0.2, 0.25) is 0 Å². The first kappa shape index (κ1) is 10.7. The van der Waals surface area contributed by atoms with Crippen LogP contribution in [0.1, 0.15) is 35.1 Å². The lowest BCUT2D eigenvalue weighted by molar-refractivity contribution is -0.141. The smallest absolute Gasteiger partial charge is 0.306 e. The van der Waals surface area contributed by atoms with Crippen LogP contribution in [0.3, 0.4) is 0 Å². The number of carboxylic acids is 1. The van der Waals surface area contributed by atoms with Gasteiger partial charge in [-0.3, -0.25) is 4.79 Å². The molecule has 2 rings (SSSR count). The van der Waals surface area contributed by atoms with Crippen LogP contribution >= 0.6 is 11.3 Å². The van der Waals surface area contributed by atoms with Crippen LogP contribution in [-0.4, -0.2) is 11.1 Å². The highest BCUT2D eigenvalue weighted by Crippen LogP contribution is 2.30. The van der Waals surface area contributed by atoms with E-state index in [2.05, 4.69) is 6.07 Å². The average molecular weight is 224 g/mol. The van der Waals surface area contributed by atoms with Gasteiger partial charge in [-0.2, -0.15) is 0 Å². The molecular formula is C12H16O2S. The summed E-state index contributed by atoms with van der Waals surface area (Å²) in [7, 11) is 0. The van der Waals surface area contributed by atoms with Gasteiger partial charge in [0.2, 0.25) is 0 Å². The summed E-state index contributed by atoms with van der Waals surface area (Å²) in [6.45, 7) is 1.78. The highest BCUT2D eigenvalue weighted by Gasteiger charge is 2.17. The van der Waals surface area contributed by atoms with Crippen LogP contribution in [-0.2, 0) is 24.1 Å². The van der Waals surface area contributed by atoms with Crippen molar-refractivity contribution in [1.29, 1.82) is 0 Å². The minimum Gasteiger partial charge on any atom is -0.481 e. The van der Waals surface area contributed by atoms with Crippen molar-refractivity contribution in [3.63, 3.8) is 0 Å². The Morgan fingerprint density at radius 2 is 2.27 bits per heavy atom. The van der Waals surface area contributed by atoms with Gasteiger partial charge in [-0.25, -0.2) is 0 Å². The summed E-state index contributed by atoms with van der Waals surface area (Å²) in [6, 6.07) is 2.22. The molecule has 0 amide bonds. The van der Waals surface area contributed by atoms with Crippen LogP contribution in [0.5, 0.6) is 0 Å². The molecule has 15 heavy (non-hydrogen) atoms. The SMILES string of the molecule is CC(Cc1cc2c(s1)CCCC2)C(=O)O. The van der Waals surface area contributed by atoms with E-state index >= 15 is 0 Å². The number of aliphatic carboxylic acids is 1. The maximum atomic E-state index is 10.8. The maximum Gasteiger partial charge on any atom is 0.306 e. The number of aryl methyl sites for hydroxylation is 2. The Hall–Kier alpha value is -0.830. The van der Waals surface area contributed by atoms with E-state index in [-0.39, 0.29) is 5.92 Å². The molecule has 3 heteroatoms. The fourth-order valence-electron chi connectivity index (χ4n) is 2.04. The number of hydrogen-bond acceptors (Lipinski definition) is 2. The molecule has 0 saturated carbocycles. The summed E-state index contributed by atoms with van der Waals surface area (Å²) in [6.07, 6.45) is 5.65. The van der Waals surface area contributed by atoms with E-state index in [1.165, 1.54) is 41.0 Å². The van der Waals surface area contributed by atoms with Crippen LogP contribution < -0.4 is 0 Å². The van der Waals surface area contributed by atoms with Gasteiger partial charge >= 0.3 is 5.97 Å². The van der Waals surface area contributed by atoms with Gasteiger partial charge in [-0.15, -0.1) is 11.3 Å². The van der Waals surface area contributed by atoms with E-state index in [0.717, 1.165) is 0 Å². The molecule has 1 aliphatic rings. The third kappa shape index (κ3) is 2.40. The van der Waals surface area contributed by atoms with Gasteiger partial charge < -0.3 is 5.11 Å². The van der Waals surface area contributed by atoms with E-state index < -0.39 is 5.97 Å². The van der Waals surface area contributed by atoms with Gasteiger partial charge in [0, 0.05) is 9.75 Å². The van der Waals surface area contributed by atoms with Crippen molar-refractivity contribution in [3.05, 3.63) is 21.4 Å². The zero-order valence-corrected chi connectivity index (χ0v) is 9.77. The Morgan fingerprint density at radius 1 is 1.53 bits per heavy atom. The molecule has 82 valence electrons. The van der Waals surface area contributed by atoms with Crippen LogP contribution in [0.4, 0.5) is 0 Å². The Kier molecular flexibility index (Phi) is 3.10.